The Hall–Kier alpha value is -1.56. The first-order chi connectivity index (χ1) is 9.29. The summed E-state index contributed by atoms with van der Waals surface area (Å²) in [5, 5.41) is 0. The van der Waals surface area contributed by atoms with Crippen LogP contribution in [0, 0.1) is 5.82 Å². The topological polar surface area (TPSA) is 29.3 Å². The van der Waals surface area contributed by atoms with Gasteiger partial charge >= 0.3 is 6.18 Å². The van der Waals surface area contributed by atoms with Gasteiger partial charge in [0.25, 0.3) is 0 Å². The van der Waals surface area contributed by atoms with Crippen molar-refractivity contribution in [3.05, 3.63) is 41.2 Å². The predicted molar refractivity (Wildman–Crippen MR) is 70.0 cm³/mol. The second-order valence-electron chi connectivity index (χ2n) is 4.91. The lowest BCUT2D eigenvalue weighted by molar-refractivity contribution is -0.0943. The zero-order chi connectivity index (χ0) is 14.9. The van der Waals surface area contributed by atoms with Gasteiger partial charge in [-0.2, -0.15) is 13.2 Å². The Morgan fingerprint density at radius 2 is 2.00 bits per heavy atom. The van der Waals surface area contributed by atoms with Crippen molar-refractivity contribution in [2.45, 2.75) is 25.6 Å². The summed E-state index contributed by atoms with van der Waals surface area (Å²) < 4.78 is 51.0. The number of benzene rings is 1. The normalized spacial score (nSPS) is 17.9. The quantitative estimate of drug-likeness (QED) is 0.666. The van der Waals surface area contributed by atoms with Gasteiger partial charge in [-0.1, -0.05) is 6.08 Å². The van der Waals surface area contributed by atoms with Gasteiger partial charge in [-0.3, -0.25) is 0 Å². The van der Waals surface area contributed by atoms with Gasteiger partial charge in [-0.15, -0.1) is 0 Å². The third-order valence-corrected chi connectivity index (χ3v) is 3.39. The smallest absolute Gasteiger partial charge is 0.367 e. The van der Waals surface area contributed by atoms with E-state index in [4.69, 9.17) is 5.73 Å². The molecule has 20 heavy (non-hydrogen) atoms. The molecule has 0 unspecified atom stereocenters. The number of anilines is 1. The lowest BCUT2D eigenvalue weighted by Crippen LogP contribution is -2.33. The second-order valence-corrected chi connectivity index (χ2v) is 4.91. The largest absolute Gasteiger partial charge is 0.412 e. The maximum atomic E-state index is 13.3. The zero-order valence-corrected chi connectivity index (χ0v) is 11.0. The summed E-state index contributed by atoms with van der Waals surface area (Å²) in [5.74, 6) is -0.399. The van der Waals surface area contributed by atoms with E-state index in [-0.39, 0.29) is 25.6 Å². The van der Waals surface area contributed by atoms with Crippen LogP contribution in [0.15, 0.2) is 29.8 Å². The summed E-state index contributed by atoms with van der Waals surface area (Å²) in [6, 6.07) is 3.82. The molecule has 6 heteroatoms. The summed E-state index contributed by atoms with van der Waals surface area (Å²) in [4.78, 5) is 1.79. The minimum absolute atomic E-state index is 0.0702. The lowest BCUT2D eigenvalue weighted by atomic mass is 10.0. The van der Waals surface area contributed by atoms with Gasteiger partial charge in [0, 0.05) is 30.4 Å². The Balaban J connectivity index is 2.25. The first-order valence-corrected chi connectivity index (χ1v) is 6.35. The van der Waals surface area contributed by atoms with E-state index < -0.39 is 17.6 Å². The van der Waals surface area contributed by atoms with Crippen LogP contribution >= 0.6 is 0 Å². The van der Waals surface area contributed by atoms with Gasteiger partial charge < -0.3 is 10.6 Å². The Morgan fingerprint density at radius 3 is 2.50 bits per heavy atom. The van der Waals surface area contributed by atoms with Crippen LogP contribution in [0.25, 0.3) is 0 Å². The molecule has 0 bridgehead atoms. The Kier molecular flexibility index (Phi) is 4.04. The molecule has 2 rings (SSSR count). The van der Waals surface area contributed by atoms with E-state index in [1.807, 2.05) is 0 Å². The van der Waals surface area contributed by atoms with Gasteiger partial charge in [0.1, 0.15) is 5.82 Å². The summed E-state index contributed by atoms with van der Waals surface area (Å²) in [7, 11) is 0. The van der Waals surface area contributed by atoms with E-state index in [1.54, 1.807) is 17.9 Å². The highest BCUT2D eigenvalue weighted by atomic mass is 19.4. The van der Waals surface area contributed by atoms with Crippen molar-refractivity contribution in [1.82, 2.24) is 0 Å². The van der Waals surface area contributed by atoms with Crippen molar-refractivity contribution in [2.75, 3.05) is 18.0 Å². The molecule has 1 aromatic rings. The maximum absolute atomic E-state index is 13.3. The van der Waals surface area contributed by atoms with Gasteiger partial charge in [0.15, 0.2) is 0 Å². The predicted octanol–water partition coefficient (Wildman–Crippen LogP) is 3.54. The van der Waals surface area contributed by atoms with Crippen molar-refractivity contribution in [2.24, 2.45) is 5.73 Å². The summed E-state index contributed by atoms with van der Waals surface area (Å²) in [5.41, 5.74) is 6.60. The van der Waals surface area contributed by atoms with Crippen LogP contribution in [0.3, 0.4) is 0 Å². The minimum atomic E-state index is -4.27. The number of hydrogen-bond acceptors (Lipinski definition) is 2. The molecule has 1 atom stereocenters. The van der Waals surface area contributed by atoms with Crippen molar-refractivity contribution in [1.29, 1.82) is 0 Å². The van der Waals surface area contributed by atoms with E-state index in [2.05, 4.69) is 0 Å². The highest BCUT2D eigenvalue weighted by molar-refractivity contribution is 5.56. The van der Waals surface area contributed by atoms with Crippen LogP contribution in [0.1, 0.15) is 24.9 Å². The molecule has 2 nitrogen and oxygen atoms in total. The number of hydrogen-bond donors (Lipinski definition) is 1. The van der Waals surface area contributed by atoms with Gasteiger partial charge in [0.2, 0.25) is 0 Å². The molecular weight excluding hydrogens is 272 g/mol. The van der Waals surface area contributed by atoms with Crippen LogP contribution in [0.2, 0.25) is 0 Å². The molecule has 1 aliphatic heterocycles. The minimum Gasteiger partial charge on any atom is -0.367 e. The molecule has 110 valence electrons. The first kappa shape index (κ1) is 14.8. The van der Waals surface area contributed by atoms with E-state index >= 15 is 0 Å². The third-order valence-electron chi connectivity index (χ3n) is 3.39. The Morgan fingerprint density at radius 1 is 1.30 bits per heavy atom. The molecule has 0 saturated heterocycles. The Bertz CT molecular complexity index is 520. The number of rotatable bonds is 2. The molecule has 0 fully saturated rings. The summed E-state index contributed by atoms with van der Waals surface area (Å²) in [6.45, 7) is 2.12. The average molecular weight is 288 g/mol. The second kappa shape index (κ2) is 5.44. The fraction of sp³-hybridized carbons (Fsp3) is 0.429. The van der Waals surface area contributed by atoms with Gasteiger partial charge in [-0.05, 0) is 37.1 Å². The zero-order valence-electron chi connectivity index (χ0n) is 11.0. The first-order valence-electron chi connectivity index (χ1n) is 6.35. The van der Waals surface area contributed by atoms with Crippen LogP contribution in [-0.2, 0) is 0 Å². The van der Waals surface area contributed by atoms with Crippen LogP contribution in [0.5, 0.6) is 0 Å². The van der Waals surface area contributed by atoms with Gasteiger partial charge in [0.05, 0.1) is 0 Å². The van der Waals surface area contributed by atoms with E-state index in [0.29, 0.717) is 11.3 Å². The molecule has 0 spiro atoms. The molecule has 0 saturated carbocycles. The standard InChI is InChI=1S/C14H16F4N2/c1-9(19)12-8-11(15)2-3-13(12)20-6-4-10(5-7-20)14(16,17)18/h2-4,8-9H,5-7,19H2,1H3/t9-/m0/s1. The monoisotopic (exact) mass is 288 g/mol. The lowest BCUT2D eigenvalue weighted by Gasteiger charge is -2.31. The van der Waals surface area contributed by atoms with Gasteiger partial charge in [-0.25, -0.2) is 4.39 Å². The summed E-state index contributed by atoms with van der Waals surface area (Å²) in [6.07, 6.45) is -3.16. The van der Waals surface area contributed by atoms with Crippen LogP contribution in [0.4, 0.5) is 23.2 Å². The van der Waals surface area contributed by atoms with E-state index in [0.717, 1.165) is 0 Å². The maximum Gasteiger partial charge on any atom is 0.412 e. The van der Waals surface area contributed by atoms with E-state index in [1.165, 1.54) is 18.2 Å². The van der Waals surface area contributed by atoms with Crippen LogP contribution < -0.4 is 10.6 Å². The SMILES string of the molecule is C[C@H](N)c1cc(F)ccc1N1CC=C(C(F)(F)F)CC1. The highest BCUT2D eigenvalue weighted by Gasteiger charge is 2.35. The number of alkyl halides is 3. The third kappa shape index (κ3) is 3.12. The molecule has 1 aliphatic rings. The molecule has 1 heterocycles. The highest BCUT2D eigenvalue weighted by Crippen LogP contribution is 2.33. The summed E-state index contributed by atoms with van der Waals surface area (Å²) >= 11 is 0. The van der Waals surface area contributed by atoms with Crippen molar-refractivity contribution < 1.29 is 17.6 Å². The fourth-order valence-electron chi connectivity index (χ4n) is 2.32. The molecular formula is C14H16F4N2. The number of nitrogens with two attached hydrogens (primary N) is 1. The molecule has 1 aromatic carbocycles. The number of halogens is 4. The van der Waals surface area contributed by atoms with Crippen molar-refractivity contribution >= 4 is 5.69 Å². The van der Waals surface area contributed by atoms with Crippen LogP contribution in [-0.4, -0.2) is 19.3 Å². The van der Waals surface area contributed by atoms with Crippen molar-refractivity contribution in [3.8, 4) is 0 Å². The molecule has 0 aliphatic carbocycles. The number of nitrogens with zero attached hydrogens (tertiary/aromatic N) is 1. The van der Waals surface area contributed by atoms with E-state index in [9.17, 15) is 17.6 Å². The Labute approximate surface area is 114 Å². The fourth-order valence-corrected chi connectivity index (χ4v) is 2.32. The molecule has 2 N–H and O–H groups in total. The molecule has 0 aromatic heterocycles. The van der Waals surface area contributed by atoms with Crippen molar-refractivity contribution in [3.63, 3.8) is 0 Å². The average Bonchev–Trinajstić information content (AvgIpc) is 2.37. The molecule has 0 amide bonds. The molecule has 0 radical (unpaired) electrons.